The third-order valence-corrected chi connectivity index (χ3v) is 6.48. The Bertz CT molecular complexity index is 814. The lowest BCUT2D eigenvalue weighted by Gasteiger charge is -2.34. The molecule has 0 bridgehead atoms. The summed E-state index contributed by atoms with van der Waals surface area (Å²) in [7, 11) is -3.48. The first-order valence-electron chi connectivity index (χ1n) is 7.78. The lowest BCUT2D eigenvalue weighted by Crippen LogP contribution is -2.42. The lowest BCUT2D eigenvalue weighted by atomic mass is 9.81. The summed E-state index contributed by atoms with van der Waals surface area (Å²) >= 11 is 3.43. The van der Waals surface area contributed by atoms with Crippen molar-refractivity contribution < 1.29 is 8.42 Å². The summed E-state index contributed by atoms with van der Waals surface area (Å²) in [5, 5.41) is 5.25. The fraction of sp³-hybridized carbons (Fsp3) is 0.412. The van der Waals surface area contributed by atoms with Crippen molar-refractivity contribution in [1.82, 2.24) is 10.0 Å². The third kappa shape index (κ3) is 3.94. The molecule has 0 aliphatic carbocycles. The molecular formula is C17H21BrN2O2S. The Kier molecular flexibility index (Phi) is 4.78. The number of hydrogen-bond donors (Lipinski definition) is 2. The Morgan fingerprint density at radius 1 is 1.13 bits per heavy atom. The van der Waals surface area contributed by atoms with Gasteiger partial charge in [-0.3, -0.25) is 0 Å². The highest BCUT2D eigenvalue weighted by atomic mass is 79.9. The smallest absolute Gasteiger partial charge is 0.240 e. The number of piperidine rings is 1. The fourth-order valence-electron chi connectivity index (χ4n) is 2.92. The van der Waals surface area contributed by atoms with Gasteiger partial charge in [-0.1, -0.05) is 35.0 Å². The van der Waals surface area contributed by atoms with Gasteiger partial charge in [-0.15, -0.1) is 0 Å². The second kappa shape index (κ2) is 6.51. The molecule has 2 aromatic carbocycles. The normalized spacial score (nSPS) is 18.2. The minimum Gasteiger partial charge on any atom is -0.317 e. The average Bonchev–Trinajstić information content (AvgIpc) is 2.53. The van der Waals surface area contributed by atoms with Crippen LogP contribution in [-0.4, -0.2) is 28.1 Å². The van der Waals surface area contributed by atoms with E-state index >= 15 is 0 Å². The van der Waals surface area contributed by atoms with Gasteiger partial charge in [0.15, 0.2) is 0 Å². The summed E-state index contributed by atoms with van der Waals surface area (Å²) < 4.78 is 29.0. The molecule has 1 aliphatic heterocycles. The van der Waals surface area contributed by atoms with Gasteiger partial charge in [-0.25, -0.2) is 13.1 Å². The predicted octanol–water partition coefficient (Wildman–Crippen LogP) is 3.27. The van der Waals surface area contributed by atoms with Crippen molar-refractivity contribution in [1.29, 1.82) is 0 Å². The zero-order valence-corrected chi connectivity index (χ0v) is 15.5. The molecule has 0 atom stereocenters. The van der Waals surface area contributed by atoms with Gasteiger partial charge in [0.2, 0.25) is 10.0 Å². The largest absolute Gasteiger partial charge is 0.317 e. The van der Waals surface area contributed by atoms with Crippen LogP contribution in [0.3, 0.4) is 0 Å². The van der Waals surface area contributed by atoms with Gasteiger partial charge in [0.05, 0.1) is 4.90 Å². The molecule has 2 aromatic rings. The van der Waals surface area contributed by atoms with Crippen LogP contribution in [0.1, 0.15) is 19.8 Å². The second-order valence-electron chi connectivity index (χ2n) is 6.54. The molecule has 0 spiro atoms. The van der Waals surface area contributed by atoms with E-state index in [4.69, 9.17) is 0 Å². The second-order valence-corrected chi connectivity index (χ2v) is 9.22. The maximum atomic E-state index is 12.6. The molecule has 0 amide bonds. The van der Waals surface area contributed by atoms with Crippen LogP contribution in [0.25, 0.3) is 10.8 Å². The number of fused-ring (bicyclic) bond motifs is 1. The highest BCUT2D eigenvalue weighted by molar-refractivity contribution is 9.10. The minimum atomic E-state index is -3.48. The van der Waals surface area contributed by atoms with E-state index < -0.39 is 10.0 Å². The molecule has 2 N–H and O–H groups in total. The van der Waals surface area contributed by atoms with E-state index in [-0.39, 0.29) is 5.41 Å². The molecule has 1 aliphatic rings. The molecule has 1 fully saturated rings. The third-order valence-electron chi connectivity index (χ3n) is 4.58. The van der Waals surface area contributed by atoms with Crippen molar-refractivity contribution in [3.63, 3.8) is 0 Å². The zero-order chi connectivity index (χ0) is 16.5. The first-order valence-corrected chi connectivity index (χ1v) is 10.1. The van der Waals surface area contributed by atoms with Crippen LogP contribution in [-0.2, 0) is 10.0 Å². The number of hydrogen-bond acceptors (Lipinski definition) is 3. The highest BCUT2D eigenvalue weighted by Gasteiger charge is 2.28. The fourth-order valence-corrected chi connectivity index (χ4v) is 4.53. The summed E-state index contributed by atoms with van der Waals surface area (Å²) in [6.07, 6.45) is 1.97. The van der Waals surface area contributed by atoms with E-state index in [1.165, 1.54) is 0 Å². The number of halogens is 1. The van der Waals surface area contributed by atoms with E-state index in [0.717, 1.165) is 41.2 Å². The van der Waals surface area contributed by atoms with E-state index in [1.807, 2.05) is 24.3 Å². The summed E-state index contributed by atoms with van der Waals surface area (Å²) in [5.41, 5.74) is 0.0278. The van der Waals surface area contributed by atoms with Gasteiger partial charge in [-0.2, -0.15) is 0 Å². The first-order chi connectivity index (χ1) is 10.9. The highest BCUT2D eigenvalue weighted by Crippen LogP contribution is 2.28. The SMILES string of the molecule is CC1(CNS(=O)(=O)c2ccc3cc(Br)ccc3c2)CCNCC1. The maximum Gasteiger partial charge on any atom is 0.240 e. The molecule has 124 valence electrons. The molecule has 0 unspecified atom stereocenters. The molecule has 0 saturated carbocycles. The number of sulfonamides is 1. The minimum absolute atomic E-state index is 0.0278. The van der Waals surface area contributed by atoms with Crippen molar-refractivity contribution in [2.75, 3.05) is 19.6 Å². The molecule has 6 heteroatoms. The number of nitrogens with one attached hydrogen (secondary N) is 2. The van der Waals surface area contributed by atoms with Gasteiger partial charge >= 0.3 is 0 Å². The van der Waals surface area contributed by atoms with Gasteiger partial charge in [-0.05, 0) is 66.4 Å². The van der Waals surface area contributed by atoms with Crippen molar-refractivity contribution in [2.24, 2.45) is 5.41 Å². The van der Waals surface area contributed by atoms with Crippen LogP contribution in [0.4, 0.5) is 0 Å². The Hall–Kier alpha value is -0.950. The lowest BCUT2D eigenvalue weighted by molar-refractivity contribution is 0.232. The van der Waals surface area contributed by atoms with Crippen molar-refractivity contribution in [2.45, 2.75) is 24.7 Å². The predicted molar refractivity (Wildman–Crippen MR) is 97.0 cm³/mol. The number of benzene rings is 2. The van der Waals surface area contributed by atoms with Crippen molar-refractivity contribution in [3.8, 4) is 0 Å². The van der Waals surface area contributed by atoms with Gasteiger partial charge in [0.1, 0.15) is 0 Å². The zero-order valence-electron chi connectivity index (χ0n) is 13.1. The van der Waals surface area contributed by atoms with E-state index in [9.17, 15) is 8.42 Å². The quantitative estimate of drug-likeness (QED) is 0.833. The van der Waals surface area contributed by atoms with Crippen LogP contribution in [0, 0.1) is 5.41 Å². The standard InChI is InChI=1S/C17H21BrN2O2S/c1-17(6-8-19-9-7-17)12-20-23(21,22)16-5-3-13-10-15(18)4-2-14(13)11-16/h2-5,10-11,19-20H,6-9,12H2,1H3. The van der Waals surface area contributed by atoms with Crippen LogP contribution in [0.15, 0.2) is 45.8 Å². The summed E-state index contributed by atoms with van der Waals surface area (Å²) in [6, 6.07) is 11.1. The van der Waals surface area contributed by atoms with Crippen LogP contribution in [0.2, 0.25) is 0 Å². The Labute approximate surface area is 145 Å². The van der Waals surface area contributed by atoms with Gasteiger partial charge in [0.25, 0.3) is 0 Å². The van der Waals surface area contributed by atoms with Crippen molar-refractivity contribution >= 4 is 36.7 Å². The topological polar surface area (TPSA) is 58.2 Å². The summed E-state index contributed by atoms with van der Waals surface area (Å²) in [6.45, 7) is 4.52. The molecular weight excluding hydrogens is 376 g/mol. The van der Waals surface area contributed by atoms with Crippen LogP contribution in [0.5, 0.6) is 0 Å². The molecule has 0 aromatic heterocycles. The molecule has 1 saturated heterocycles. The van der Waals surface area contributed by atoms with Crippen LogP contribution < -0.4 is 10.0 Å². The monoisotopic (exact) mass is 396 g/mol. The van der Waals surface area contributed by atoms with Gasteiger partial charge in [0, 0.05) is 11.0 Å². The first kappa shape index (κ1) is 16.9. The van der Waals surface area contributed by atoms with E-state index in [1.54, 1.807) is 12.1 Å². The van der Waals surface area contributed by atoms with E-state index in [0.29, 0.717) is 11.4 Å². The number of rotatable bonds is 4. The van der Waals surface area contributed by atoms with E-state index in [2.05, 4.69) is 32.9 Å². The Morgan fingerprint density at radius 2 is 1.78 bits per heavy atom. The molecule has 1 heterocycles. The molecule has 23 heavy (non-hydrogen) atoms. The van der Waals surface area contributed by atoms with Gasteiger partial charge < -0.3 is 5.32 Å². The Morgan fingerprint density at radius 3 is 2.52 bits per heavy atom. The molecule has 3 rings (SSSR count). The average molecular weight is 397 g/mol. The van der Waals surface area contributed by atoms with Crippen LogP contribution >= 0.6 is 15.9 Å². The van der Waals surface area contributed by atoms with Crippen molar-refractivity contribution in [3.05, 3.63) is 40.9 Å². The maximum absolute atomic E-state index is 12.6. The molecule has 0 radical (unpaired) electrons. The summed E-state index contributed by atoms with van der Waals surface area (Å²) in [4.78, 5) is 0.324. The summed E-state index contributed by atoms with van der Waals surface area (Å²) in [5.74, 6) is 0. The molecule has 4 nitrogen and oxygen atoms in total. The Balaban J connectivity index is 1.80.